The molecule has 1 saturated heterocycles. The van der Waals surface area contributed by atoms with Crippen molar-refractivity contribution in [3.63, 3.8) is 0 Å². The first-order valence-corrected chi connectivity index (χ1v) is 8.16. The molecule has 1 atom stereocenters. The van der Waals surface area contributed by atoms with Crippen LogP contribution in [0.2, 0.25) is 0 Å². The van der Waals surface area contributed by atoms with Gasteiger partial charge in [0.2, 0.25) is 6.10 Å². The summed E-state index contributed by atoms with van der Waals surface area (Å²) in [5, 5.41) is 0.801. The quantitative estimate of drug-likeness (QED) is 0.807. The normalized spacial score (nSPS) is 20.2. The second kappa shape index (κ2) is 5.54. The molecule has 6 heteroatoms. The molecule has 1 aliphatic heterocycles. The number of nitrogens with zero attached hydrogens (tertiary/aromatic N) is 1. The molecular weight excluding hydrogens is 310 g/mol. The van der Waals surface area contributed by atoms with E-state index in [0.29, 0.717) is 30.4 Å². The van der Waals surface area contributed by atoms with Crippen molar-refractivity contribution in [1.82, 2.24) is 4.57 Å². The van der Waals surface area contributed by atoms with Gasteiger partial charge in [0.05, 0.1) is 19.3 Å². The second-order valence-electron chi connectivity index (χ2n) is 6.29. The number of hydrogen-bond donors (Lipinski definition) is 0. The van der Waals surface area contributed by atoms with E-state index < -0.39 is 18.0 Å². The highest BCUT2D eigenvalue weighted by Gasteiger charge is 2.34. The van der Waals surface area contributed by atoms with Gasteiger partial charge in [-0.25, -0.2) is 9.59 Å². The van der Waals surface area contributed by atoms with Crippen molar-refractivity contribution in [1.29, 1.82) is 0 Å². The van der Waals surface area contributed by atoms with Gasteiger partial charge in [-0.1, -0.05) is 0 Å². The van der Waals surface area contributed by atoms with Gasteiger partial charge in [-0.15, -0.1) is 0 Å². The highest BCUT2D eigenvalue weighted by molar-refractivity contribution is 6.07. The van der Waals surface area contributed by atoms with Gasteiger partial charge in [-0.3, -0.25) is 0 Å². The molecule has 0 amide bonds. The zero-order chi connectivity index (χ0) is 16.8. The van der Waals surface area contributed by atoms with Crippen LogP contribution in [0.5, 0.6) is 5.75 Å². The van der Waals surface area contributed by atoms with E-state index in [1.54, 1.807) is 7.11 Å². The molecule has 0 radical (unpaired) electrons. The lowest BCUT2D eigenvalue weighted by Crippen LogP contribution is -2.23. The maximum Gasteiger partial charge on any atom is 0.347 e. The van der Waals surface area contributed by atoms with E-state index in [4.69, 9.17) is 14.2 Å². The Morgan fingerprint density at radius 2 is 2.08 bits per heavy atom. The number of fused-ring (bicyclic) bond motifs is 1. The average Bonchev–Trinajstić information content (AvgIpc) is 3.26. The minimum atomic E-state index is -0.804. The Labute approximate surface area is 139 Å². The van der Waals surface area contributed by atoms with E-state index in [9.17, 15) is 9.59 Å². The van der Waals surface area contributed by atoms with E-state index >= 15 is 0 Å². The maximum absolute atomic E-state index is 12.8. The van der Waals surface area contributed by atoms with Crippen LogP contribution in [0.3, 0.4) is 0 Å². The minimum absolute atomic E-state index is 0.299. The molecular formula is C18H19NO5. The Hall–Kier alpha value is -2.50. The Bertz CT molecular complexity index is 834. The summed E-state index contributed by atoms with van der Waals surface area (Å²) in [5.41, 5.74) is 2.38. The van der Waals surface area contributed by atoms with Crippen LogP contribution in [-0.2, 0) is 14.3 Å². The number of ether oxygens (including phenoxy) is 3. The first-order valence-electron chi connectivity index (χ1n) is 8.16. The zero-order valence-corrected chi connectivity index (χ0v) is 13.7. The number of benzene rings is 1. The predicted octanol–water partition coefficient (Wildman–Crippen LogP) is 2.77. The molecule has 4 rings (SSSR count). The lowest BCUT2D eigenvalue weighted by atomic mass is 10.1. The summed E-state index contributed by atoms with van der Waals surface area (Å²) in [5.74, 6) is -0.261. The van der Waals surface area contributed by atoms with Gasteiger partial charge < -0.3 is 18.8 Å². The third-order valence-electron chi connectivity index (χ3n) is 4.71. The van der Waals surface area contributed by atoms with E-state index in [-0.39, 0.29) is 0 Å². The highest BCUT2D eigenvalue weighted by Crippen LogP contribution is 2.42. The second-order valence-corrected chi connectivity index (χ2v) is 6.29. The van der Waals surface area contributed by atoms with Crippen molar-refractivity contribution >= 4 is 22.8 Å². The number of methoxy groups -OCH3 is 1. The molecule has 2 aliphatic rings. The van der Waals surface area contributed by atoms with E-state index in [1.807, 2.05) is 25.1 Å². The van der Waals surface area contributed by atoms with Crippen molar-refractivity contribution in [2.45, 2.75) is 38.3 Å². The molecule has 1 aliphatic carbocycles. The topological polar surface area (TPSA) is 66.8 Å². The molecule has 0 N–H and O–H groups in total. The summed E-state index contributed by atoms with van der Waals surface area (Å²) < 4.78 is 17.8. The van der Waals surface area contributed by atoms with Gasteiger partial charge in [0.25, 0.3) is 0 Å². The molecule has 1 aromatic carbocycles. The molecule has 1 saturated carbocycles. The highest BCUT2D eigenvalue weighted by atomic mass is 16.6. The van der Waals surface area contributed by atoms with Gasteiger partial charge in [0.15, 0.2) is 0 Å². The summed E-state index contributed by atoms with van der Waals surface area (Å²) in [6.07, 6.45) is 1.83. The number of esters is 2. The predicted molar refractivity (Wildman–Crippen MR) is 86.3 cm³/mol. The van der Waals surface area contributed by atoms with Crippen molar-refractivity contribution in [3.05, 3.63) is 29.5 Å². The fourth-order valence-corrected chi connectivity index (χ4v) is 3.38. The molecule has 2 heterocycles. The van der Waals surface area contributed by atoms with Crippen LogP contribution < -0.4 is 4.74 Å². The lowest BCUT2D eigenvalue weighted by molar-refractivity contribution is -0.145. The molecule has 6 nitrogen and oxygen atoms in total. The molecule has 24 heavy (non-hydrogen) atoms. The Balaban J connectivity index is 1.79. The third kappa shape index (κ3) is 2.33. The van der Waals surface area contributed by atoms with Gasteiger partial charge in [-0.2, -0.15) is 0 Å². The average molecular weight is 329 g/mol. The maximum atomic E-state index is 12.8. The summed E-state index contributed by atoms with van der Waals surface area (Å²) in [6, 6.07) is 6.15. The zero-order valence-electron chi connectivity index (χ0n) is 13.7. The van der Waals surface area contributed by atoms with Crippen LogP contribution in [0, 0.1) is 6.92 Å². The number of carbonyl (C=O) groups excluding carboxylic acids is 2. The summed E-state index contributed by atoms with van der Waals surface area (Å²) >= 11 is 0. The first kappa shape index (κ1) is 15.1. The van der Waals surface area contributed by atoms with Crippen LogP contribution >= 0.6 is 0 Å². The first-order chi connectivity index (χ1) is 11.6. The van der Waals surface area contributed by atoms with Crippen molar-refractivity contribution in [3.8, 4) is 5.75 Å². The van der Waals surface area contributed by atoms with Gasteiger partial charge in [0.1, 0.15) is 5.75 Å². The van der Waals surface area contributed by atoms with Gasteiger partial charge >= 0.3 is 11.9 Å². The van der Waals surface area contributed by atoms with Crippen LogP contribution in [0.1, 0.15) is 41.4 Å². The van der Waals surface area contributed by atoms with E-state index in [0.717, 1.165) is 29.4 Å². The smallest absolute Gasteiger partial charge is 0.347 e. The Kier molecular flexibility index (Phi) is 3.48. The third-order valence-corrected chi connectivity index (χ3v) is 4.71. The SMILES string of the molecule is COc1ccc2c(c1)c(C(=O)O[C@H]1CCOC1=O)c(C)n2C1CC1. The number of aromatic nitrogens is 1. The fourth-order valence-electron chi connectivity index (χ4n) is 3.38. The Morgan fingerprint density at radius 3 is 2.71 bits per heavy atom. The van der Waals surface area contributed by atoms with Crippen LogP contribution in [-0.4, -0.2) is 36.3 Å². The number of cyclic esters (lactones) is 1. The van der Waals surface area contributed by atoms with Crippen molar-refractivity contribution in [2.75, 3.05) is 13.7 Å². The van der Waals surface area contributed by atoms with Crippen LogP contribution in [0.25, 0.3) is 10.9 Å². The monoisotopic (exact) mass is 329 g/mol. The molecule has 0 bridgehead atoms. The number of rotatable bonds is 4. The van der Waals surface area contributed by atoms with Gasteiger partial charge in [0, 0.05) is 29.1 Å². The number of hydrogen-bond acceptors (Lipinski definition) is 5. The molecule has 0 spiro atoms. The summed E-state index contributed by atoms with van der Waals surface area (Å²) in [6.45, 7) is 2.22. The number of carbonyl (C=O) groups is 2. The largest absolute Gasteiger partial charge is 0.497 e. The van der Waals surface area contributed by atoms with Crippen LogP contribution in [0.15, 0.2) is 18.2 Å². The molecule has 2 fully saturated rings. The van der Waals surface area contributed by atoms with Gasteiger partial charge in [-0.05, 0) is 38.0 Å². The summed E-state index contributed by atoms with van der Waals surface area (Å²) in [7, 11) is 1.60. The summed E-state index contributed by atoms with van der Waals surface area (Å²) in [4.78, 5) is 24.3. The molecule has 126 valence electrons. The molecule has 0 unspecified atom stereocenters. The van der Waals surface area contributed by atoms with Crippen molar-refractivity contribution in [2.24, 2.45) is 0 Å². The molecule has 2 aromatic rings. The fraction of sp³-hybridized carbons (Fsp3) is 0.444. The molecule has 1 aromatic heterocycles. The standard InChI is InChI=1S/C18H19NO5/c1-10-16(18(21)24-15-7-8-23-17(15)20)13-9-12(22-2)5-6-14(13)19(10)11-3-4-11/h5-6,9,11,15H,3-4,7-8H2,1-2H3/t15-/m0/s1. The van der Waals surface area contributed by atoms with E-state index in [1.165, 1.54) is 0 Å². The van der Waals surface area contributed by atoms with E-state index in [2.05, 4.69) is 4.57 Å². The van der Waals surface area contributed by atoms with Crippen LogP contribution in [0.4, 0.5) is 0 Å². The Morgan fingerprint density at radius 1 is 1.29 bits per heavy atom. The minimum Gasteiger partial charge on any atom is -0.497 e. The lowest BCUT2D eigenvalue weighted by Gasteiger charge is -2.09. The van der Waals surface area contributed by atoms with Crippen molar-refractivity contribution < 1.29 is 23.8 Å².